The summed E-state index contributed by atoms with van der Waals surface area (Å²) in [4.78, 5) is 25.3. The van der Waals surface area contributed by atoms with Gasteiger partial charge in [-0.3, -0.25) is 4.79 Å². The molecule has 8 heteroatoms. The summed E-state index contributed by atoms with van der Waals surface area (Å²) in [6.45, 7) is 3.41. The van der Waals surface area contributed by atoms with Gasteiger partial charge in [0, 0.05) is 5.56 Å². The largest absolute Gasteiger partial charge is 0.493 e. The molecule has 1 unspecified atom stereocenters. The maximum absolute atomic E-state index is 13.2. The summed E-state index contributed by atoms with van der Waals surface area (Å²) in [7, 11) is 3.03. The Balaban J connectivity index is 2.24. The molecule has 0 radical (unpaired) electrons. The van der Waals surface area contributed by atoms with Crippen LogP contribution in [0.1, 0.15) is 13.8 Å². The minimum atomic E-state index is -1.00. The van der Waals surface area contributed by atoms with Crippen LogP contribution in [0.15, 0.2) is 50.1 Å². The van der Waals surface area contributed by atoms with Crippen LogP contribution in [0.3, 0.4) is 0 Å². The molecule has 0 aliphatic carbocycles. The number of hydrogen-bond acceptors (Lipinski definition) is 7. The fourth-order valence-electron chi connectivity index (χ4n) is 2.96. The highest BCUT2D eigenvalue weighted by Gasteiger charge is 2.25. The van der Waals surface area contributed by atoms with Gasteiger partial charge in [-0.05, 0) is 54.0 Å². The van der Waals surface area contributed by atoms with Crippen LogP contribution in [0.4, 0.5) is 0 Å². The Labute approximate surface area is 181 Å². The smallest absolute Gasteiger partial charge is 0.347 e. The van der Waals surface area contributed by atoms with Crippen LogP contribution in [0, 0.1) is 0 Å². The van der Waals surface area contributed by atoms with Gasteiger partial charge in [0.25, 0.3) is 0 Å². The van der Waals surface area contributed by atoms with E-state index in [2.05, 4.69) is 15.9 Å². The lowest BCUT2D eigenvalue weighted by atomic mass is 10.1. The molecule has 3 rings (SSSR count). The highest BCUT2D eigenvalue weighted by Crippen LogP contribution is 2.41. The fourth-order valence-corrected chi connectivity index (χ4v) is 3.56. The van der Waals surface area contributed by atoms with Gasteiger partial charge in [-0.1, -0.05) is 12.1 Å². The van der Waals surface area contributed by atoms with Gasteiger partial charge < -0.3 is 23.4 Å². The first-order valence-corrected chi connectivity index (χ1v) is 10.0. The molecular formula is C22H21BrO7. The van der Waals surface area contributed by atoms with E-state index in [1.165, 1.54) is 21.1 Å². The molecule has 0 N–H and O–H groups in total. The predicted octanol–water partition coefficient (Wildman–Crippen LogP) is 4.57. The van der Waals surface area contributed by atoms with E-state index >= 15 is 0 Å². The van der Waals surface area contributed by atoms with Crippen molar-refractivity contribution in [2.45, 2.75) is 20.0 Å². The van der Waals surface area contributed by atoms with E-state index in [4.69, 9.17) is 23.4 Å². The number of ether oxygens (including phenoxy) is 4. The van der Waals surface area contributed by atoms with E-state index in [0.717, 1.165) is 0 Å². The number of carbonyl (C=O) groups excluding carboxylic acids is 1. The van der Waals surface area contributed by atoms with E-state index in [9.17, 15) is 9.59 Å². The zero-order valence-corrected chi connectivity index (χ0v) is 18.6. The number of carbonyl (C=O) groups is 1. The monoisotopic (exact) mass is 476 g/mol. The summed E-state index contributed by atoms with van der Waals surface area (Å²) in [5, 5.41) is 0.340. The lowest BCUT2D eigenvalue weighted by Gasteiger charge is -2.17. The third-order valence-corrected chi connectivity index (χ3v) is 4.95. The molecule has 7 nitrogen and oxygen atoms in total. The molecule has 158 valence electrons. The van der Waals surface area contributed by atoms with Gasteiger partial charge in [0.2, 0.25) is 11.2 Å². The van der Waals surface area contributed by atoms with Crippen molar-refractivity contribution in [1.29, 1.82) is 0 Å². The number of fused-ring (bicyclic) bond motifs is 1. The summed E-state index contributed by atoms with van der Waals surface area (Å²) in [6.07, 6.45) is -1.00. The molecule has 0 aliphatic rings. The molecule has 3 aromatic rings. The number of hydrogen-bond donors (Lipinski definition) is 0. The zero-order chi connectivity index (χ0) is 21.8. The number of halogens is 1. The highest BCUT2D eigenvalue weighted by molar-refractivity contribution is 9.10. The molecule has 0 fully saturated rings. The van der Waals surface area contributed by atoms with Gasteiger partial charge in [0.1, 0.15) is 5.58 Å². The molecule has 1 aromatic heterocycles. The average Bonchev–Trinajstić information content (AvgIpc) is 2.74. The molecule has 1 atom stereocenters. The van der Waals surface area contributed by atoms with E-state index in [-0.39, 0.29) is 18.1 Å². The number of para-hydroxylation sites is 1. The molecular weight excluding hydrogens is 456 g/mol. The Morgan fingerprint density at radius 3 is 2.53 bits per heavy atom. The van der Waals surface area contributed by atoms with Crippen molar-refractivity contribution in [1.82, 2.24) is 0 Å². The Morgan fingerprint density at radius 2 is 1.87 bits per heavy atom. The average molecular weight is 477 g/mol. The molecule has 30 heavy (non-hydrogen) atoms. The number of rotatable bonds is 7. The molecule has 0 saturated carbocycles. The molecule has 0 amide bonds. The first-order chi connectivity index (χ1) is 14.4. The van der Waals surface area contributed by atoms with Crippen LogP contribution in [0.2, 0.25) is 0 Å². The Kier molecular flexibility index (Phi) is 6.66. The van der Waals surface area contributed by atoms with Crippen LogP contribution in [-0.4, -0.2) is 32.9 Å². The van der Waals surface area contributed by atoms with Crippen molar-refractivity contribution in [3.05, 3.63) is 51.1 Å². The van der Waals surface area contributed by atoms with E-state index in [0.29, 0.717) is 32.5 Å². The maximum atomic E-state index is 13.2. The number of benzene rings is 2. The second-order valence-corrected chi connectivity index (χ2v) is 7.15. The minimum absolute atomic E-state index is 0.0895. The maximum Gasteiger partial charge on any atom is 0.347 e. The van der Waals surface area contributed by atoms with Crippen molar-refractivity contribution >= 4 is 32.9 Å². The van der Waals surface area contributed by atoms with Crippen LogP contribution in [0.25, 0.3) is 22.3 Å². The normalized spacial score (nSPS) is 11.8. The molecule has 0 aliphatic heterocycles. The SMILES string of the molecule is CCOC(=O)C(C)Oc1c(-c2cc(Br)c(OC)c(OC)c2)oc2ccccc2c1=O. The first kappa shape index (κ1) is 21.7. The molecule has 1 heterocycles. The molecule has 0 bridgehead atoms. The van der Waals surface area contributed by atoms with Gasteiger partial charge in [-0.15, -0.1) is 0 Å². The molecule has 0 saturated heterocycles. The first-order valence-electron chi connectivity index (χ1n) is 9.22. The standard InChI is InChI=1S/C22H21BrO7/c1-5-28-22(25)12(2)29-21-18(24)14-8-6-7-9-16(14)30-19(21)13-10-15(23)20(27-4)17(11-13)26-3/h6-12H,5H2,1-4H3. The Bertz CT molecular complexity index is 1140. The van der Waals surface area contributed by atoms with E-state index in [1.807, 2.05) is 0 Å². The second-order valence-electron chi connectivity index (χ2n) is 6.29. The molecule has 2 aromatic carbocycles. The topological polar surface area (TPSA) is 84.2 Å². The van der Waals surface area contributed by atoms with Crippen LogP contribution < -0.4 is 19.6 Å². The predicted molar refractivity (Wildman–Crippen MR) is 115 cm³/mol. The fraction of sp³-hybridized carbons (Fsp3) is 0.273. The minimum Gasteiger partial charge on any atom is -0.493 e. The summed E-state index contributed by atoms with van der Waals surface area (Å²) in [5.74, 6) is 0.420. The van der Waals surface area contributed by atoms with Gasteiger partial charge in [0.05, 0.1) is 30.7 Å². The van der Waals surface area contributed by atoms with Crippen LogP contribution in [-0.2, 0) is 9.53 Å². The lowest BCUT2D eigenvalue weighted by Crippen LogP contribution is -2.28. The van der Waals surface area contributed by atoms with Gasteiger partial charge >= 0.3 is 5.97 Å². The van der Waals surface area contributed by atoms with Gasteiger partial charge in [0.15, 0.2) is 23.4 Å². The Morgan fingerprint density at radius 1 is 1.13 bits per heavy atom. The number of esters is 1. The van der Waals surface area contributed by atoms with E-state index in [1.54, 1.807) is 43.3 Å². The number of methoxy groups -OCH3 is 2. The van der Waals surface area contributed by atoms with Crippen LogP contribution >= 0.6 is 15.9 Å². The van der Waals surface area contributed by atoms with Crippen molar-refractivity contribution in [2.75, 3.05) is 20.8 Å². The summed E-state index contributed by atoms with van der Waals surface area (Å²) >= 11 is 3.44. The van der Waals surface area contributed by atoms with Crippen molar-refractivity contribution < 1.29 is 28.2 Å². The Hall–Kier alpha value is -3.00. The zero-order valence-electron chi connectivity index (χ0n) is 17.0. The third kappa shape index (κ3) is 4.14. The summed E-state index contributed by atoms with van der Waals surface area (Å²) in [6, 6.07) is 10.2. The second kappa shape index (κ2) is 9.21. The van der Waals surface area contributed by atoms with Crippen molar-refractivity contribution in [3.8, 4) is 28.6 Å². The lowest BCUT2D eigenvalue weighted by molar-refractivity contribution is -0.150. The third-order valence-electron chi connectivity index (χ3n) is 4.37. The van der Waals surface area contributed by atoms with Crippen LogP contribution in [0.5, 0.6) is 17.2 Å². The van der Waals surface area contributed by atoms with Gasteiger partial charge in [-0.25, -0.2) is 4.79 Å². The van der Waals surface area contributed by atoms with E-state index < -0.39 is 17.5 Å². The van der Waals surface area contributed by atoms with Crippen molar-refractivity contribution in [3.63, 3.8) is 0 Å². The van der Waals surface area contributed by atoms with Crippen molar-refractivity contribution in [2.24, 2.45) is 0 Å². The highest BCUT2D eigenvalue weighted by atomic mass is 79.9. The van der Waals surface area contributed by atoms with Gasteiger partial charge in [-0.2, -0.15) is 0 Å². The molecule has 0 spiro atoms. The quantitative estimate of drug-likeness (QED) is 0.461. The summed E-state index contributed by atoms with van der Waals surface area (Å²) < 4.78 is 28.1. The summed E-state index contributed by atoms with van der Waals surface area (Å²) in [5.41, 5.74) is 0.502.